The minimum absolute atomic E-state index is 0.244. The number of benzene rings is 1. The summed E-state index contributed by atoms with van der Waals surface area (Å²) in [6, 6.07) is 5.15. The van der Waals surface area contributed by atoms with Crippen LogP contribution in [0.4, 0.5) is 5.69 Å². The van der Waals surface area contributed by atoms with E-state index in [0.29, 0.717) is 0 Å². The van der Waals surface area contributed by atoms with Gasteiger partial charge in [0.1, 0.15) is 5.75 Å². The fourth-order valence-corrected chi connectivity index (χ4v) is 1.18. The lowest BCUT2D eigenvalue weighted by atomic mass is 10.1. The maximum absolute atomic E-state index is 9.23. The number of hydrogen-bond donors (Lipinski definition) is 1. The molecule has 2 nitrogen and oxygen atoms in total. The van der Waals surface area contributed by atoms with Crippen molar-refractivity contribution in [1.29, 1.82) is 0 Å². The topological polar surface area (TPSA) is 32.6 Å². The second kappa shape index (κ2) is 3.27. The number of rotatable bonds is 0. The number of hydrogen-bond acceptors (Lipinski definition) is 2. The molecule has 0 spiro atoms. The van der Waals surface area contributed by atoms with Crippen molar-refractivity contribution in [1.82, 2.24) is 0 Å². The average molecular weight is 171 g/mol. The summed E-state index contributed by atoms with van der Waals surface area (Å²) >= 11 is 0. The predicted molar refractivity (Wildman–Crippen MR) is 54.4 cm³/mol. The first-order valence-corrected chi connectivity index (χ1v) is 4.07. The molecule has 1 aromatic rings. The van der Waals surface area contributed by atoms with Crippen LogP contribution in [-0.4, -0.2) is 11.3 Å². The summed E-state index contributed by atoms with van der Waals surface area (Å²) in [7, 11) is 0. The van der Waals surface area contributed by atoms with E-state index in [4.69, 9.17) is 0 Å². The lowest BCUT2D eigenvalue weighted by molar-refractivity contribution is 0.475. The zero-order valence-corrected chi connectivity index (χ0v) is 7.01. The van der Waals surface area contributed by atoms with Crippen LogP contribution in [-0.2, 0) is 0 Å². The predicted octanol–water partition coefficient (Wildman–Crippen LogP) is 2.68. The maximum Gasteiger partial charge on any atom is 0.117 e. The molecule has 0 saturated carbocycles. The van der Waals surface area contributed by atoms with E-state index in [-0.39, 0.29) is 5.75 Å². The number of aliphatic imine (C=N–C) groups is 1. The van der Waals surface area contributed by atoms with Gasteiger partial charge in [-0.15, -0.1) is 0 Å². The molecule has 64 valence electrons. The van der Waals surface area contributed by atoms with Crippen LogP contribution in [0.5, 0.6) is 5.75 Å². The number of nitrogens with zero attached hydrogens (tertiary/aromatic N) is 1. The molecule has 1 heterocycles. The molecule has 2 heteroatoms. The molecule has 2 rings (SSSR count). The minimum Gasteiger partial charge on any atom is -0.508 e. The number of phenolic OH excluding ortho intramolecular Hbond substituents is 1. The maximum atomic E-state index is 9.23. The highest BCUT2D eigenvalue weighted by Gasteiger charge is 1.98. The van der Waals surface area contributed by atoms with Gasteiger partial charge in [-0.2, -0.15) is 0 Å². The standard InChI is InChI=1S/C11H9NO/c13-10-6-5-9-4-2-1-3-7-12-11(9)8-10/h1-8,13H/b2-1?,3-1-,4-2-,7-3?,9-4?,12-7?,12-11?. The van der Waals surface area contributed by atoms with Crippen LogP contribution in [0.25, 0.3) is 6.08 Å². The minimum atomic E-state index is 0.244. The van der Waals surface area contributed by atoms with E-state index in [2.05, 4.69) is 4.99 Å². The molecule has 1 aliphatic heterocycles. The molecule has 1 aromatic carbocycles. The second-order valence-electron chi connectivity index (χ2n) is 2.77. The summed E-state index contributed by atoms with van der Waals surface area (Å²) in [6.45, 7) is 0. The van der Waals surface area contributed by atoms with Gasteiger partial charge in [0.15, 0.2) is 0 Å². The van der Waals surface area contributed by atoms with Crippen molar-refractivity contribution >= 4 is 18.0 Å². The fraction of sp³-hybridized carbons (Fsp3) is 0. The molecule has 0 radical (unpaired) electrons. The Balaban J connectivity index is 2.56. The van der Waals surface area contributed by atoms with E-state index in [1.54, 1.807) is 18.3 Å². The van der Waals surface area contributed by atoms with Crippen molar-refractivity contribution in [2.24, 2.45) is 4.99 Å². The Hall–Kier alpha value is -1.83. The van der Waals surface area contributed by atoms with E-state index in [1.165, 1.54) is 0 Å². The number of allylic oxidation sites excluding steroid dienone is 3. The molecule has 0 unspecified atom stereocenters. The number of phenols is 1. The van der Waals surface area contributed by atoms with Crippen molar-refractivity contribution in [2.45, 2.75) is 0 Å². The monoisotopic (exact) mass is 171 g/mol. The molecule has 1 aliphatic rings. The molecule has 0 aliphatic carbocycles. The molecule has 0 fully saturated rings. The van der Waals surface area contributed by atoms with Crippen molar-refractivity contribution in [3.8, 4) is 5.75 Å². The SMILES string of the molecule is Oc1ccc2c(c1)N=C/C=C\C=C/2. The van der Waals surface area contributed by atoms with Crippen molar-refractivity contribution in [3.63, 3.8) is 0 Å². The summed E-state index contributed by atoms with van der Waals surface area (Å²) < 4.78 is 0. The summed E-state index contributed by atoms with van der Waals surface area (Å²) in [5, 5.41) is 9.23. The lowest BCUT2D eigenvalue weighted by Gasteiger charge is -2.01. The van der Waals surface area contributed by atoms with E-state index >= 15 is 0 Å². The van der Waals surface area contributed by atoms with Crippen LogP contribution in [0.1, 0.15) is 5.56 Å². The van der Waals surface area contributed by atoms with E-state index in [1.807, 2.05) is 30.4 Å². The quantitative estimate of drug-likeness (QED) is 0.639. The van der Waals surface area contributed by atoms with Crippen molar-refractivity contribution in [2.75, 3.05) is 0 Å². The van der Waals surface area contributed by atoms with Crippen molar-refractivity contribution in [3.05, 3.63) is 42.0 Å². The van der Waals surface area contributed by atoms with Crippen molar-refractivity contribution < 1.29 is 5.11 Å². The highest BCUT2D eigenvalue weighted by Crippen LogP contribution is 2.25. The summed E-state index contributed by atoms with van der Waals surface area (Å²) in [4.78, 5) is 4.18. The van der Waals surface area contributed by atoms with Gasteiger partial charge >= 0.3 is 0 Å². The Kier molecular flexibility index (Phi) is 1.96. The van der Waals surface area contributed by atoms with Gasteiger partial charge in [0.25, 0.3) is 0 Å². The van der Waals surface area contributed by atoms with Gasteiger partial charge in [-0.1, -0.05) is 18.2 Å². The van der Waals surface area contributed by atoms with Gasteiger partial charge in [0, 0.05) is 17.8 Å². The zero-order chi connectivity index (χ0) is 9.10. The van der Waals surface area contributed by atoms with E-state index in [0.717, 1.165) is 11.3 Å². The summed E-state index contributed by atoms with van der Waals surface area (Å²) in [5.74, 6) is 0.244. The lowest BCUT2D eigenvalue weighted by Crippen LogP contribution is -1.77. The van der Waals surface area contributed by atoms with Gasteiger partial charge in [-0.3, -0.25) is 4.99 Å². The third-order valence-corrected chi connectivity index (χ3v) is 1.81. The molecule has 0 aromatic heterocycles. The highest BCUT2D eigenvalue weighted by atomic mass is 16.3. The molecular weight excluding hydrogens is 162 g/mol. The van der Waals surface area contributed by atoms with Gasteiger partial charge in [-0.05, 0) is 18.2 Å². The smallest absolute Gasteiger partial charge is 0.117 e. The van der Waals surface area contributed by atoms with Gasteiger partial charge < -0.3 is 5.11 Å². The molecule has 0 amide bonds. The number of aromatic hydroxyl groups is 1. The largest absolute Gasteiger partial charge is 0.508 e. The van der Waals surface area contributed by atoms with Gasteiger partial charge in [-0.25, -0.2) is 0 Å². The van der Waals surface area contributed by atoms with E-state index < -0.39 is 0 Å². The number of fused-ring (bicyclic) bond motifs is 1. The first-order valence-electron chi connectivity index (χ1n) is 4.07. The molecule has 0 saturated heterocycles. The Morgan fingerprint density at radius 2 is 2.00 bits per heavy atom. The van der Waals surface area contributed by atoms with Crippen LogP contribution < -0.4 is 0 Å². The van der Waals surface area contributed by atoms with Crippen LogP contribution in [0.3, 0.4) is 0 Å². The summed E-state index contributed by atoms with van der Waals surface area (Å²) in [6.07, 6.45) is 9.38. The highest BCUT2D eigenvalue weighted by molar-refractivity contribution is 5.80. The Bertz CT molecular complexity index is 403. The average Bonchev–Trinajstić information content (AvgIpc) is 2.08. The van der Waals surface area contributed by atoms with Crippen LogP contribution >= 0.6 is 0 Å². The molecule has 13 heavy (non-hydrogen) atoms. The first kappa shape index (κ1) is 7.80. The van der Waals surface area contributed by atoms with Crippen LogP contribution in [0, 0.1) is 0 Å². The zero-order valence-electron chi connectivity index (χ0n) is 7.01. The van der Waals surface area contributed by atoms with Crippen LogP contribution in [0.15, 0.2) is 41.4 Å². The summed E-state index contributed by atoms with van der Waals surface area (Å²) in [5.41, 5.74) is 1.80. The third-order valence-electron chi connectivity index (χ3n) is 1.81. The first-order chi connectivity index (χ1) is 6.36. The molecule has 1 N–H and O–H groups in total. The fourth-order valence-electron chi connectivity index (χ4n) is 1.18. The molecule has 0 bridgehead atoms. The van der Waals surface area contributed by atoms with Crippen LogP contribution in [0.2, 0.25) is 0 Å². The van der Waals surface area contributed by atoms with Gasteiger partial charge in [0.05, 0.1) is 5.69 Å². The van der Waals surface area contributed by atoms with E-state index in [9.17, 15) is 5.11 Å². The Morgan fingerprint density at radius 1 is 1.08 bits per heavy atom. The second-order valence-corrected chi connectivity index (χ2v) is 2.77. The normalized spacial score (nSPS) is 18.5. The molecular formula is C11H9NO. The van der Waals surface area contributed by atoms with Gasteiger partial charge in [0.2, 0.25) is 0 Å². The third kappa shape index (κ3) is 1.67. The Labute approximate surface area is 76.6 Å². The Morgan fingerprint density at radius 3 is 2.92 bits per heavy atom. The molecule has 0 atom stereocenters.